The van der Waals surface area contributed by atoms with E-state index in [9.17, 15) is 26.7 Å². The Hall–Kier alpha value is -3.17. The van der Waals surface area contributed by atoms with E-state index in [0.717, 1.165) is 24.5 Å². The molecular weight excluding hydrogens is 629 g/mol. The summed E-state index contributed by atoms with van der Waals surface area (Å²) in [4.78, 5) is 15.4. The number of H-pyrrole nitrogens is 1. The largest absolute Gasteiger partial charge is 0.387 e. The second kappa shape index (κ2) is 16.6. The maximum absolute atomic E-state index is 13.3. The van der Waals surface area contributed by atoms with Crippen molar-refractivity contribution in [2.75, 3.05) is 49.0 Å². The van der Waals surface area contributed by atoms with Gasteiger partial charge in [-0.3, -0.25) is 4.72 Å². The number of unbranched alkanes of at least 4 members (excludes halogenated alkanes) is 5. The number of anilines is 2. The highest BCUT2D eigenvalue weighted by Gasteiger charge is 2.29. The molecule has 0 bridgehead atoms. The Kier molecular flexibility index (Phi) is 12.9. The molecule has 6 N–H and O–H groups in total. The molecule has 0 unspecified atom stereocenters. The maximum Gasteiger partial charge on any atom is 0.319 e. The van der Waals surface area contributed by atoms with E-state index in [1.54, 1.807) is 24.4 Å². The van der Waals surface area contributed by atoms with Crippen LogP contribution in [0.2, 0.25) is 0 Å². The van der Waals surface area contributed by atoms with Crippen LogP contribution in [-0.4, -0.2) is 76.2 Å². The average Bonchev–Trinajstić information content (AvgIpc) is 3.50. The molecule has 3 aromatic rings. The Morgan fingerprint density at radius 1 is 1.00 bits per heavy atom. The van der Waals surface area contributed by atoms with Crippen molar-refractivity contribution < 1.29 is 26.7 Å². The summed E-state index contributed by atoms with van der Waals surface area (Å²) in [6, 6.07) is 11.2. The summed E-state index contributed by atoms with van der Waals surface area (Å²) < 4.78 is 54.2. The number of nitrogens with zero attached hydrogens (tertiary/aromatic N) is 1. The minimum atomic E-state index is -3.67. The van der Waals surface area contributed by atoms with E-state index in [-0.39, 0.29) is 23.4 Å². The van der Waals surface area contributed by atoms with Crippen molar-refractivity contribution in [2.45, 2.75) is 69.3 Å². The molecule has 1 atom stereocenters. The normalized spacial score (nSPS) is 15.5. The number of fused-ring (bicyclic) bond motifs is 1. The Labute approximate surface area is 272 Å². The lowest BCUT2D eigenvalue weighted by Crippen LogP contribution is -2.41. The molecule has 1 aliphatic heterocycles. The standard InChI is InChI=1S/C32H48N6O6S2/c1-3-4-5-6-7-8-16-35-32(40)36-27-9-11-28(12-10-27)46(43,44)38-18-14-24(15-19-38)22-33-23-30(39)26-20-25-13-17-34-31(25)29(21-26)37-45(2,41)42/h9-13,17,20-21,24,30,33-34,37,39H,3-8,14-16,18-19,22-23H2,1-2H3,(H2,35,36,40)/t30-/m0/s1. The van der Waals surface area contributed by atoms with Gasteiger partial charge in [-0.05, 0) is 79.8 Å². The second-order valence-corrected chi connectivity index (χ2v) is 15.8. The SMILES string of the molecule is CCCCCCCCNC(=O)Nc1ccc(S(=O)(=O)N2CCC(CNC[C@H](O)c3cc(NS(C)(=O)=O)c4[nH]ccc4c3)CC2)cc1. The maximum atomic E-state index is 13.3. The van der Waals surface area contributed by atoms with Crippen LogP contribution in [0.3, 0.4) is 0 Å². The van der Waals surface area contributed by atoms with Crippen LogP contribution in [0.4, 0.5) is 16.2 Å². The van der Waals surface area contributed by atoms with E-state index in [2.05, 4.69) is 32.6 Å². The number of aromatic amines is 1. The predicted molar refractivity (Wildman–Crippen MR) is 183 cm³/mol. The molecule has 1 aromatic heterocycles. The van der Waals surface area contributed by atoms with Crippen LogP contribution in [0.5, 0.6) is 0 Å². The minimum absolute atomic E-state index is 0.189. The Bertz CT molecular complexity index is 1630. The summed E-state index contributed by atoms with van der Waals surface area (Å²) in [5.41, 5.74) is 2.14. The van der Waals surface area contributed by atoms with Gasteiger partial charge < -0.3 is 26.0 Å². The van der Waals surface area contributed by atoms with Gasteiger partial charge >= 0.3 is 6.03 Å². The van der Waals surface area contributed by atoms with Crippen molar-refractivity contribution in [2.24, 2.45) is 5.92 Å². The first kappa shape index (κ1) is 35.7. The highest BCUT2D eigenvalue weighted by molar-refractivity contribution is 7.92. The molecule has 46 heavy (non-hydrogen) atoms. The Balaban J connectivity index is 1.19. The summed E-state index contributed by atoms with van der Waals surface area (Å²) in [6.07, 6.45) is 10.2. The molecule has 1 saturated heterocycles. The van der Waals surface area contributed by atoms with E-state index in [1.165, 1.54) is 42.1 Å². The van der Waals surface area contributed by atoms with Crippen LogP contribution in [0.25, 0.3) is 10.9 Å². The monoisotopic (exact) mass is 676 g/mol. The molecule has 2 heterocycles. The van der Waals surface area contributed by atoms with Crippen molar-refractivity contribution in [3.05, 3.63) is 54.2 Å². The van der Waals surface area contributed by atoms with Crippen LogP contribution >= 0.6 is 0 Å². The molecule has 4 rings (SSSR count). The number of aliphatic hydroxyl groups excluding tert-OH is 1. The van der Waals surface area contributed by atoms with E-state index in [0.29, 0.717) is 61.5 Å². The van der Waals surface area contributed by atoms with Crippen LogP contribution in [0.15, 0.2) is 53.6 Å². The molecule has 0 radical (unpaired) electrons. The van der Waals surface area contributed by atoms with Gasteiger partial charge in [0.25, 0.3) is 0 Å². The Morgan fingerprint density at radius 3 is 2.39 bits per heavy atom. The van der Waals surface area contributed by atoms with Gasteiger partial charge in [0, 0.05) is 43.4 Å². The zero-order chi connectivity index (χ0) is 33.2. The Morgan fingerprint density at radius 2 is 1.70 bits per heavy atom. The molecule has 12 nitrogen and oxygen atoms in total. The number of piperidine rings is 1. The van der Waals surface area contributed by atoms with E-state index in [1.807, 2.05) is 12.1 Å². The van der Waals surface area contributed by atoms with E-state index < -0.39 is 26.2 Å². The number of rotatable bonds is 17. The van der Waals surface area contributed by atoms with E-state index >= 15 is 0 Å². The molecule has 0 saturated carbocycles. The number of sulfonamides is 2. The van der Waals surface area contributed by atoms with Crippen molar-refractivity contribution in [1.82, 2.24) is 19.9 Å². The first-order chi connectivity index (χ1) is 22.0. The van der Waals surface area contributed by atoms with Crippen molar-refractivity contribution in [3.63, 3.8) is 0 Å². The summed E-state index contributed by atoms with van der Waals surface area (Å²) in [6.45, 7) is 4.46. The summed E-state index contributed by atoms with van der Waals surface area (Å²) in [5, 5.41) is 20.5. The van der Waals surface area contributed by atoms with Crippen molar-refractivity contribution >= 4 is 48.4 Å². The zero-order valence-corrected chi connectivity index (χ0v) is 28.4. The number of hydrogen-bond donors (Lipinski definition) is 6. The number of carbonyl (C=O) groups is 1. The third kappa shape index (κ3) is 10.4. The number of urea groups is 1. The first-order valence-electron chi connectivity index (χ1n) is 16.1. The van der Waals surface area contributed by atoms with Gasteiger partial charge in [-0.1, -0.05) is 39.0 Å². The molecule has 0 aliphatic carbocycles. The third-order valence-corrected chi connectivity index (χ3v) is 10.8. The van der Waals surface area contributed by atoms with Crippen LogP contribution in [0.1, 0.15) is 70.0 Å². The van der Waals surface area contributed by atoms with Crippen molar-refractivity contribution in [1.29, 1.82) is 0 Å². The number of benzene rings is 2. The van der Waals surface area contributed by atoms with Gasteiger partial charge in [-0.15, -0.1) is 0 Å². The van der Waals surface area contributed by atoms with Gasteiger partial charge in [0.15, 0.2) is 0 Å². The fourth-order valence-corrected chi connectivity index (χ4v) is 7.74. The van der Waals surface area contributed by atoms with Crippen molar-refractivity contribution in [3.8, 4) is 0 Å². The second-order valence-electron chi connectivity index (χ2n) is 12.1. The lowest BCUT2D eigenvalue weighted by atomic mass is 9.98. The zero-order valence-electron chi connectivity index (χ0n) is 26.7. The lowest BCUT2D eigenvalue weighted by molar-refractivity contribution is 0.169. The van der Waals surface area contributed by atoms with Gasteiger partial charge in [0.05, 0.1) is 28.5 Å². The van der Waals surface area contributed by atoms with Gasteiger partial charge in [-0.25, -0.2) is 21.6 Å². The first-order valence-corrected chi connectivity index (χ1v) is 19.4. The highest BCUT2D eigenvalue weighted by Crippen LogP contribution is 2.29. The fourth-order valence-electron chi connectivity index (χ4n) is 5.71. The molecule has 254 valence electrons. The molecule has 2 aromatic carbocycles. The smallest absolute Gasteiger partial charge is 0.319 e. The number of nitrogens with one attached hydrogen (secondary N) is 5. The summed E-state index contributed by atoms with van der Waals surface area (Å²) >= 11 is 0. The number of aliphatic hydroxyl groups is 1. The number of aromatic nitrogens is 1. The number of carbonyl (C=O) groups excluding carboxylic acids is 1. The molecule has 14 heteroatoms. The highest BCUT2D eigenvalue weighted by atomic mass is 32.2. The average molecular weight is 677 g/mol. The van der Waals surface area contributed by atoms with Gasteiger partial charge in [-0.2, -0.15) is 4.31 Å². The van der Waals surface area contributed by atoms with Crippen LogP contribution in [0, 0.1) is 5.92 Å². The topological polar surface area (TPSA) is 173 Å². The number of amides is 2. The molecule has 1 fully saturated rings. The third-order valence-electron chi connectivity index (χ3n) is 8.27. The fraction of sp³-hybridized carbons (Fsp3) is 0.531. The minimum Gasteiger partial charge on any atom is -0.387 e. The summed E-state index contributed by atoms with van der Waals surface area (Å²) in [7, 11) is -7.16. The quantitative estimate of drug-likeness (QED) is 0.112. The van der Waals surface area contributed by atoms with Crippen LogP contribution < -0.4 is 20.7 Å². The summed E-state index contributed by atoms with van der Waals surface area (Å²) in [5.74, 6) is 0.245. The van der Waals surface area contributed by atoms with E-state index in [4.69, 9.17) is 0 Å². The number of hydrogen-bond acceptors (Lipinski definition) is 7. The lowest BCUT2D eigenvalue weighted by Gasteiger charge is -2.31. The molecule has 2 amide bonds. The molecule has 1 aliphatic rings. The predicted octanol–water partition coefficient (Wildman–Crippen LogP) is 4.75. The molecule has 0 spiro atoms. The molecular formula is C32H48N6O6S2. The van der Waals surface area contributed by atoms with Gasteiger partial charge in [0.1, 0.15) is 0 Å². The van der Waals surface area contributed by atoms with Crippen LogP contribution in [-0.2, 0) is 20.0 Å². The van der Waals surface area contributed by atoms with Gasteiger partial charge in [0.2, 0.25) is 20.0 Å².